The first-order valence-electron chi connectivity index (χ1n) is 6.73. The maximum atomic E-state index is 11.3. The number of aliphatic hydroxyl groups excluding tert-OH is 4. The van der Waals surface area contributed by atoms with Crippen molar-refractivity contribution < 1.29 is 49.7 Å². The number of hydrogen-bond donors (Lipinski definition) is 7. The molecule has 134 valence electrons. The Balaban J connectivity index is 3.06. The number of carboxylic acid groups (broad SMARTS) is 1. The predicted octanol–water partition coefficient (Wildman–Crippen LogP) is -4.25. The Morgan fingerprint density at radius 3 is 2.52 bits per heavy atom. The van der Waals surface area contributed by atoms with E-state index in [0.717, 1.165) is 0 Å². The van der Waals surface area contributed by atoms with E-state index in [1.165, 1.54) is 7.11 Å². The van der Waals surface area contributed by atoms with E-state index in [4.69, 9.17) is 14.9 Å². The number of rotatable bonds is 7. The Labute approximate surface area is 131 Å². The van der Waals surface area contributed by atoms with E-state index in [2.05, 4.69) is 10.1 Å². The summed E-state index contributed by atoms with van der Waals surface area (Å²) in [6.07, 6.45) is -7.40. The fourth-order valence-corrected chi connectivity index (χ4v) is 2.29. The second-order valence-electron chi connectivity index (χ2n) is 5.21. The van der Waals surface area contributed by atoms with Gasteiger partial charge in [-0.3, -0.25) is 4.79 Å². The van der Waals surface area contributed by atoms with Crippen LogP contribution in [0.15, 0.2) is 0 Å². The van der Waals surface area contributed by atoms with Crippen LogP contribution in [0.2, 0.25) is 0 Å². The highest BCUT2D eigenvalue weighted by molar-refractivity contribution is 5.78. The van der Waals surface area contributed by atoms with Crippen molar-refractivity contribution in [1.82, 2.24) is 5.32 Å². The van der Waals surface area contributed by atoms with Crippen LogP contribution in [0.3, 0.4) is 0 Å². The Morgan fingerprint density at radius 2 is 2.04 bits per heavy atom. The van der Waals surface area contributed by atoms with Crippen molar-refractivity contribution in [3.63, 3.8) is 0 Å². The molecule has 0 aromatic carbocycles. The molecule has 0 aliphatic carbocycles. The summed E-state index contributed by atoms with van der Waals surface area (Å²) in [6, 6.07) is -1.37. The smallest absolute Gasteiger partial charge is 0.364 e. The van der Waals surface area contributed by atoms with Crippen LogP contribution in [0.4, 0.5) is 0 Å². The van der Waals surface area contributed by atoms with Gasteiger partial charge in [-0.1, -0.05) is 0 Å². The van der Waals surface area contributed by atoms with Crippen molar-refractivity contribution in [3.8, 4) is 0 Å². The van der Waals surface area contributed by atoms with E-state index < -0.39 is 61.1 Å². The molecule has 1 fully saturated rings. The lowest BCUT2D eigenvalue weighted by Crippen LogP contribution is -2.67. The molecular formula is C12H21NO10. The molecular weight excluding hydrogens is 318 g/mol. The molecule has 0 spiro atoms. The SMILES string of the molecule is COC[C@@H](O)[C@@H](O)[C@@H]1OC(O)(C(=O)O)C[C@H](O)[C@H]1NC(=O)CO. The molecule has 1 aliphatic rings. The molecule has 7 N–H and O–H groups in total. The van der Waals surface area contributed by atoms with Gasteiger partial charge in [0.05, 0.1) is 18.8 Å². The maximum absolute atomic E-state index is 11.3. The van der Waals surface area contributed by atoms with Gasteiger partial charge in [-0.15, -0.1) is 0 Å². The molecule has 11 heteroatoms. The average Bonchev–Trinajstić information content (AvgIpc) is 2.48. The molecule has 1 aliphatic heterocycles. The number of amides is 1. The molecule has 0 saturated carbocycles. The summed E-state index contributed by atoms with van der Waals surface area (Å²) >= 11 is 0. The lowest BCUT2D eigenvalue weighted by atomic mass is 9.88. The van der Waals surface area contributed by atoms with Gasteiger partial charge < -0.3 is 45.4 Å². The van der Waals surface area contributed by atoms with Gasteiger partial charge in [0.1, 0.15) is 24.9 Å². The molecule has 23 heavy (non-hydrogen) atoms. The monoisotopic (exact) mass is 339 g/mol. The van der Waals surface area contributed by atoms with Crippen LogP contribution in [-0.4, -0.2) is 99.1 Å². The molecule has 0 aromatic rings. The van der Waals surface area contributed by atoms with E-state index in [9.17, 15) is 30.0 Å². The third kappa shape index (κ3) is 4.57. The zero-order valence-corrected chi connectivity index (χ0v) is 12.3. The highest BCUT2D eigenvalue weighted by Gasteiger charge is 2.53. The minimum Gasteiger partial charge on any atom is -0.477 e. The largest absolute Gasteiger partial charge is 0.477 e. The number of carbonyl (C=O) groups is 2. The van der Waals surface area contributed by atoms with Crippen molar-refractivity contribution in [1.29, 1.82) is 0 Å². The number of ether oxygens (including phenoxy) is 2. The molecule has 11 nitrogen and oxygen atoms in total. The summed E-state index contributed by atoms with van der Waals surface area (Å²) in [4.78, 5) is 22.4. The second-order valence-corrected chi connectivity index (χ2v) is 5.21. The third-order valence-electron chi connectivity index (χ3n) is 3.46. The zero-order valence-electron chi connectivity index (χ0n) is 12.3. The minimum atomic E-state index is -2.81. The Bertz CT molecular complexity index is 432. The van der Waals surface area contributed by atoms with Crippen LogP contribution in [-0.2, 0) is 19.1 Å². The summed E-state index contributed by atoms with van der Waals surface area (Å²) in [5.74, 6) is -5.53. The molecule has 1 saturated heterocycles. The average molecular weight is 339 g/mol. The first-order chi connectivity index (χ1) is 10.7. The van der Waals surface area contributed by atoms with Crippen LogP contribution in [0, 0.1) is 0 Å². The number of nitrogens with one attached hydrogen (secondary N) is 1. The van der Waals surface area contributed by atoms with Crippen LogP contribution in [0.1, 0.15) is 6.42 Å². The number of aliphatic carboxylic acids is 1. The third-order valence-corrected chi connectivity index (χ3v) is 3.46. The highest BCUT2D eigenvalue weighted by Crippen LogP contribution is 2.30. The van der Waals surface area contributed by atoms with Crippen LogP contribution in [0.25, 0.3) is 0 Å². The predicted molar refractivity (Wildman–Crippen MR) is 71.0 cm³/mol. The molecule has 1 unspecified atom stereocenters. The van der Waals surface area contributed by atoms with Crippen molar-refractivity contribution in [3.05, 3.63) is 0 Å². The van der Waals surface area contributed by atoms with Gasteiger partial charge in [-0.05, 0) is 0 Å². The lowest BCUT2D eigenvalue weighted by molar-refractivity contribution is -0.295. The van der Waals surface area contributed by atoms with Gasteiger partial charge >= 0.3 is 5.97 Å². The topological polar surface area (TPSA) is 186 Å². The molecule has 1 rings (SSSR count). The fraction of sp³-hybridized carbons (Fsp3) is 0.833. The van der Waals surface area contributed by atoms with Gasteiger partial charge in [0.2, 0.25) is 5.91 Å². The molecule has 0 radical (unpaired) electrons. The van der Waals surface area contributed by atoms with Gasteiger partial charge in [0, 0.05) is 13.5 Å². The number of carboxylic acids is 1. The molecule has 1 amide bonds. The van der Waals surface area contributed by atoms with E-state index in [1.807, 2.05) is 0 Å². The number of carbonyl (C=O) groups excluding carboxylic acids is 1. The van der Waals surface area contributed by atoms with Gasteiger partial charge in [-0.25, -0.2) is 4.79 Å². The minimum absolute atomic E-state index is 0.344. The standard InChI is InChI=1S/C12H21NO10/c1-22-4-6(16)9(18)10-8(13-7(17)3-14)5(15)2-12(21,23-10)11(19)20/h5-6,8-10,14-16,18,21H,2-4H2,1H3,(H,13,17)(H,19,20)/t5-,6+,8+,9+,10+,12?/m0/s1. The van der Waals surface area contributed by atoms with E-state index in [1.54, 1.807) is 0 Å². The summed E-state index contributed by atoms with van der Waals surface area (Å²) in [7, 11) is 1.24. The lowest BCUT2D eigenvalue weighted by Gasteiger charge is -2.44. The van der Waals surface area contributed by atoms with E-state index >= 15 is 0 Å². The van der Waals surface area contributed by atoms with Crippen molar-refractivity contribution in [2.75, 3.05) is 20.3 Å². The van der Waals surface area contributed by atoms with Gasteiger partial charge in [-0.2, -0.15) is 0 Å². The number of methoxy groups -OCH3 is 1. The van der Waals surface area contributed by atoms with Crippen molar-refractivity contribution in [2.45, 2.75) is 42.7 Å². The van der Waals surface area contributed by atoms with Crippen molar-refractivity contribution in [2.24, 2.45) is 0 Å². The quantitative estimate of drug-likeness (QED) is 0.239. The first kappa shape index (κ1) is 19.7. The van der Waals surface area contributed by atoms with Gasteiger partial charge in [0.25, 0.3) is 5.79 Å². The summed E-state index contributed by atoms with van der Waals surface area (Å²) in [5.41, 5.74) is 0. The van der Waals surface area contributed by atoms with Gasteiger partial charge in [0.15, 0.2) is 0 Å². The fourth-order valence-electron chi connectivity index (χ4n) is 2.29. The molecule has 1 heterocycles. The first-order valence-corrected chi connectivity index (χ1v) is 6.73. The number of hydrogen-bond acceptors (Lipinski definition) is 9. The van der Waals surface area contributed by atoms with Crippen LogP contribution in [0.5, 0.6) is 0 Å². The zero-order chi connectivity index (χ0) is 17.8. The normalized spacial score (nSPS) is 33.7. The maximum Gasteiger partial charge on any atom is 0.364 e. The second kappa shape index (κ2) is 7.97. The van der Waals surface area contributed by atoms with E-state index in [0.29, 0.717) is 0 Å². The van der Waals surface area contributed by atoms with Crippen molar-refractivity contribution >= 4 is 11.9 Å². The summed E-state index contributed by atoms with van der Waals surface area (Å²) < 4.78 is 9.57. The Kier molecular flexibility index (Phi) is 6.83. The Morgan fingerprint density at radius 1 is 1.43 bits per heavy atom. The summed E-state index contributed by atoms with van der Waals surface area (Å²) in [5, 5.41) is 59.6. The molecule has 0 aromatic heterocycles. The molecule has 6 atom stereocenters. The Hall–Kier alpha value is -1.34. The number of aliphatic hydroxyl groups is 5. The van der Waals surface area contributed by atoms with Crippen LogP contribution >= 0.6 is 0 Å². The van der Waals surface area contributed by atoms with Crippen LogP contribution < -0.4 is 5.32 Å². The summed E-state index contributed by atoms with van der Waals surface area (Å²) in [6.45, 7) is -1.26. The highest BCUT2D eigenvalue weighted by atomic mass is 16.7. The van der Waals surface area contributed by atoms with E-state index in [-0.39, 0.29) is 6.61 Å². The molecule has 0 bridgehead atoms.